The van der Waals surface area contributed by atoms with Gasteiger partial charge in [0.15, 0.2) is 16.7 Å². The van der Waals surface area contributed by atoms with Gasteiger partial charge < -0.3 is 14.8 Å². The number of thioether (sulfide) groups is 1. The number of ether oxygens (including phenoxy) is 2. The summed E-state index contributed by atoms with van der Waals surface area (Å²) in [5, 5.41) is 4.09. The van der Waals surface area contributed by atoms with Crippen molar-refractivity contribution in [3.05, 3.63) is 41.9 Å². The van der Waals surface area contributed by atoms with Gasteiger partial charge in [-0.2, -0.15) is 0 Å². The summed E-state index contributed by atoms with van der Waals surface area (Å²) in [5.74, 6) is 3.20. The standard InChI is InChI=1S/C17H15N5O2S/c1-25-17-19-5-4-15(21-17)22-12-8-18-7-11(12)20-16(22)10-2-3-13-14(6-10)24-9-23-13/h2-6,18H,7-9H2,1H3. The van der Waals surface area contributed by atoms with Gasteiger partial charge >= 0.3 is 0 Å². The number of hydrogen-bond acceptors (Lipinski definition) is 7. The molecule has 0 saturated heterocycles. The van der Waals surface area contributed by atoms with E-state index in [0.29, 0.717) is 0 Å². The van der Waals surface area contributed by atoms with E-state index in [0.717, 1.165) is 58.3 Å². The van der Waals surface area contributed by atoms with Crippen molar-refractivity contribution in [3.63, 3.8) is 0 Å². The van der Waals surface area contributed by atoms with Crippen LogP contribution in [0.25, 0.3) is 17.2 Å². The Kier molecular flexibility index (Phi) is 3.39. The molecule has 2 aliphatic heterocycles. The van der Waals surface area contributed by atoms with Gasteiger partial charge in [0.2, 0.25) is 6.79 Å². The van der Waals surface area contributed by atoms with Crippen LogP contribution in [0.5, 0.6) is 11.5 Å². The molecule has 2 aromatic heterocycles. The van der Waals surface area contributed by atoms with Gasteiger partial charge in [0, 0.05) is 24.8 Å². The molecule has 0 unspecified atom stereocenters. The fourth-order valence-electron chi connectivity index (χ4n) is 3.15. The van der Waals surface area contributed by atoms with E-state index in [9.17, 15) is 0 Å². The van der Waals surface area contributed by atoms with Crippen LogP contribution in [0.4, 0.5) is 0 Å². The maximum atomic E-state index is 5.52. The number of imidazole rings is 1. The first-order valence-corrected chi connectivity index (χ1v) is 9.14. The van der Waals surface area contributed by atoms with Crippen molar-refractivity contribution in [3.8, 4) is 28.7 Å². The Balaban J connectivity index is 1.70. The maximum absolute atomic E-state index is 5.52. The Morgan fingerprint density at radius 3 is 2.96 bits per heavy atom. The lowest BCUT2D eigenvalue weighted by Gasteiger charge is -2.11. The van der Waals surface area contributed by atoms with E-state index < -0.39 is 0 Å². The Morgan fingerprint density at radius 2 is 2.04 bits per heavy atom. The molecule has 1 aromatic carbocycles. The molecule has 2 aliphatic rings. The third kappa shape index (κ3) is 2.37. The minimum Gasteiger partial charge on any atom is -0.454 e. The van der Waals surface area contributed by atoms with Crippen molar-refractivity contribution in [2.75, 3.05) is 13.0 Å². The molecule has 0 spiro atoms. The summed E-state index contributed by atoms with van der Waals surface area (Å²) in [6.07, 6.45) is 3.75. The first kappa shape index (κ1) is 14.7. The van der Waals surface area contributed by atoms with Crippen LogP contribution in [0.2, 0.25) is 0 Å². The Morgan fingerprint density at radius 1 is 1.12 bits per heavy atom. The third-order valence-electron chi connectivity index (χ3n) is 4.30. The van der Waals surface area contributed by atoms with Crippen LogP contribution in [-0.4, -0.2) is 32.6 Å². The first-order valence-electron chi connectivity index (χ1n) is 7.92. The van der Waals surface area contributed by atoms with E-state index in [-0.39, 0.29) is 6.79 Å². The molecule has 0 saturated carbocycles. The zero-order valence-electron chi connectivity index (χ0n) is 13.5. The molecule has 126 valence electrons. The minimum absolute atomic E-state index is 0.261. The predicted octanol–water partition coefficient (Wildman–Crippen LogP) is 2.38. The van der Waals surface area contributed by atoms with Crippen molar-refractivity contribution < 1.29 is 9.47 Å². The number of nitrogens with zero attached hydrogens (tertiary/aromatic N) is 4. The summed E-state index contributed by atoms with van der Waals surface area (Å²) in [6.45, 7) is 1.79. The van der Waals surface area contributed by atoms with Gasteiger partial charge in [-0.3, -0.25) is 4.57 Å². The van der Waals surface area contributed by atoms with E-state index >= 15 is 0 Å². The van der Waals surface area contributed by atoms with Crippen LogP contribution in [0.15, 0.2) is 35.6 Å². The van der Waals surface area contributed by atoms with Crippen molar-refractivity contribution in [1.82, 2.24) is 24.8 Å². The lowest BCUT2D eigenvalue weighted by atomic mass is 10.2. The predicted molar refractivity (Wildman–Crippen MR) is 93.0 cm³/mol. The Bertz CT molecular complexity index is 972. The van der Waals surface area contributed by atoms with Gasteiger partial charge in [-0.05, 0) is 30.5 Å². The molecule has 25 heavy (non-hydrogen) atoms. The molecule has 7 nitrogen and oxygen atoms in total. The lowest BCUT2D eigenvalue weighted by molar-refractivity contribution is 0.174. The monoisotopic (exact) mass is 353 g/mol. The molecule has 0 aliphatic carbocycles. The second-order valence-electron chi connectivity index (χ2n) is 5.74. The maximum Gasteiger partial charge on any atom is 0.231 e. The molecule has 4 heterocycles. The molecule has 5 rings (SSSR count). The fraction of sp³-hybridized carbons (Fsp3) is 0.235. The van der Waals surface area contributed by atoms with Crippen LogP contribution in [0, 0.1) is 0 Å². The second-order valence-corrected chi connectivity index (χ2v) is 6.51. The molecule has 1 N–H and O–H groups in total. The van der Waals surface area contributed by atoms with Gasteiger partial charge in [-0.25, -0.2) is 15.0 Å². The summed E-state index contributed by atoms with van der Waals surface area (Å²) >= 11 is 1.52. The number of fused-ring (bicyclic) bond motifs is 2. The van der Waals surface area contributed by atoms with Gasteiger partial charge in [-0.15, -0.1) is 0 Å². The van der Waals surface area contributed by atoms with Gasteiger partial charge in [0.05, 0.1) is 11.4 Å². The number of rotatable bonds is 3. The normalized spacial score (nSPS) is 14.8. The molecule has 8 heteroatoms. The van der Waals surface area contributed by atoms with Crippen molar-refractivity contribution in [2.45, 2.75) is 18.2 Å². The smallest absolute Gasteiger partial charge is 0.231 e. The van der Waals surface area contributed by atoms with E-state index in [1.807, 2.05) is 30.5 Å². The lowest BCUT2D eigenvalue weighted by Crippen LogP contribution is -2.09. The van der Waals surface area contributed by atoms with Crippen LogP contribution in [0.3, 0.4) is 0 Å². The summed E-state index contributed by atoms with van der Waals surface area (Å²) in [7, 11) is 0. The second kappa shape index (κ2) is 5.75. The largest absolute Gasteiger partial charge is 0.454 e. The summed E-state index contributed by atoms with van der Waals surface area (Å²) in [6, 6.07) is 7.82. The van der Waals surface area contributed by atoms with Crippen LogP contribution in [-0.2, 0) is 13.1 Å². The van der Waals surface area contributed by atoms with Crippen LogP contribution >= 0.6 is 11.8 Å². The van der Waals surface area contributed by atoms with Gasteiger partial charge in [0.1, 0.15) is 11.6 Å². The molecular weight excluding hydrogens is 338 g/mol. The summed E-state index contributed by atoms with van der Waals surface area (Å²) in [5.41, 5.74) is 3.17. The number of hydrogen-bond donors (Lipinski definition) is 1. The SMILES string of the molecule is CSc1nccc(-n2c(-c3ccc4c(c3)OCO4)nc3c2CNC3)n1. The van der Waals surface area contributed by atoms with Crippen LogP contribution in [0.1, 0.15) is 11.4 Å². The molecule has 0 radical (unpaired) electrons. The highest BCUT2D eigenvalue weighted by Crippen LogP contribution is 2.37. The number of aromatic nitrogens is 4. The fourth-order valence-corrected chi connectivity index (χ4v) is 3.50. The minimum atomic E-state index is 0.261. The molecular formula is C17H15N5O2S. The quantitative estimate of drug-likeness (QED) is 0.572. The highest BCUT2D eigenvalue weighted by molar-refractivity contribution is 7.98. The van der Waals surface area contributed by atoms with Crippen molar-refractivity contribution in [2.24, 2.45) is 0 Å². The molecule has 0 amide bonds. The summed E-state index contributed by atoms with van der Waals surface area (Å²) in [4.78, 5) is 13.8. The zero-order valence-corrected chi connectivity index (χ0v) is 14.3. The van der Waals surface area contributed by atoms with Gasteiger partial charge in [0.25, 0.3) is 0 Å². The average Bonchev–Trinajstić information content (AvgIpc) is 3.35. The van der Waals surface area contributed by atoms with E-state index in [2.05, 4.69) is 19.9 Å². The molecule has 0 fully saturated rings. The number of benzene rings is 1. The van der Waals surface area contributed by atoms with Gasteiger partial charge in [-0.1, -0.05) is 11.8 Å². The van der Waals surface area contributed by atoms with E-state index in [1.54, 1.807) is 6.20 Å². The van der Waals surface area contributed by atoms with E-state index in [1.165, 1.54) is 11.8 Å². The zero-order chi connectivity index (χ0) is 16.8. The van der Waals surface area contributed by atoms with E-state index in [4.69, 9.17) is 14.5 Å². The van der Waals surface area contributed by atoms with Crippen LogP contribution < -0.4 is 14.8 Å². The average molecular weight is 353 g/mol. The number of nitrogens with one attached hydrogen (secondary N) is 1. The Hall–Kier alpha value is -2.58. The Labute approximate surface area is 148 Å². The molecule has 3 aromatic rings. The molecule has 0 bridgehead atoms. The topological polar surface area (TPSA) is 74.1 Å². The highest BCUT2D eigenvalue weighted by atomic mass is 32.2. The summed E-state index contributed by atoms with van der Waals surface area (Å²) < 4.78 is 13.0. The molecule has 0 atom stereocenters. The highest BCUT2D eigenvalue weighted by Gasteiger charge is 2.25. The van der Waals surface area contributed by atoms with Crippen molar-refractivity contribution in [1.29, 1.82) is 0 Å². The first-order chi connectivity index (χ1) is 12.3. The van der Waals surface area contributed by atoms with Crippen molar-refractivity contribution >= 4 is 11.8 Å². The third-order valence-corrected chi connectivity index (χ3v) is 4.86.